The molecule has 1 aliphatic rings. The van der Waals surface area contributed by atoms with Crippen molar-refractivity contribution in [3.05, 3.63) is 23.8 Å². The average molecular weight is 275 g/mol. The highest BCUT2D eigenvalue weighted by Gasteiger charge is 2.27. The molecular formula is C16H25N3O. The predicted molar refractivity (Wildman–Crippen MR) is 84.1 cm³/mol. The van der Waals surface area contributed by atoms with E-state index >= 15 is 0 Å². The molecule has 110 valence electrons. The van der Waals surface area contributed by atoms with E-state index in [0.29, 0.717) is 17.2 Å². The Balaban J connectivity index is 2.19. The summed E-state index contributed by atoms with van der Waals surface area (Å²) in [5.41, 5.74) is 8.14. The Morgan fingerprint density at radius 1 is 1.45 bits per heavy atom. The number of benzene rings is 1. The Kier molecular flexibility index (Phi) is 4.53. The maximum absolute atomic E-state index is 12.7. The van der Waals surface area contributed by atoms with Gasteiger partial charge in [0, 0.05) is 38.6 Å². The van der Waals surface area contributed by atoms with Gasteiger partial charge in [0.1, 0.15) is 0 Å². The van der Waals surface area contributed by atoms with Gasteiger partial charge in [-0.05, 0) is 37.0 Å². The minimum absolute atomic E-state index is 0.111. The van der Waals surface area contributed by atoms with Crippen molar-refractivity contribution in [3.8, 4) is 0 Å². The molecule has 1 atom stereocenters. The van der Waals surface area contributed by atoms with E-state index in [4.69, 9.17) is 5.73 Å². The average Bonchev–Trinajstić information content (AvgIpc) is 2.86. The number of carbonyl (C=O) groups excluding carboxylic acids is 1. The van der Waals surface area contributed by atoms with Gasteiger partial charge in [0.2, 0.25) is 0 Å². The van der Waals surface area contributed by atoms with Gasteiger partial charge in [-0.1, -0.05) is 13.3 Å². The number of anilines is 2. The number of carbonyl (C=O) groups is 1. The summed E-state index contributed by atoms with van der Waals surface area (Å²) < 4.78 is 0. The normalized spacial score (nSPS) is 18.4. The molecule has 4 heteroatoms. The summed E-state index contributed by atoms with van der Waals surface area (Å²) in [5, 5.41) is 0. The van der Waals surface area contributed by atoms with Crippen LogP contribution >= 0.6 is 0 Å². The molecule has 1 unspecified atom stereocenters. The summed E-state index contributed by atoms with van der Waals surface area (Å²) in [6, 6.07) is 5.56. The van der Waals surface area contributed by atoms with Crippen LogP contribution < -0.4 is 10.6 Å². The lowest BCUT2D eigenvalue weighted by molar-refractivity contribution is 0.0787. The predicted octanol–water partition coefficient (Wildman–Crippen LogP) is 2.60. The lowest BCUT2D eigenvalue weighted by Gasteiger charge is -2.22. The van der Waals surface area contributed by atoms with Gasteiger partial charge in [-0.2, -0.15) is 0 Å². The molecule has 0 radical (unpaired) electrons. The molecule has 1 aliphatic heterocycles. The zero-order valence-corrected chi connectivity index (χ0v) is 12.7. The van der Waals surface area contributed by atoms with Crippen LogP contribution in [0, 0.1) is 5.92 Å². The van der Waals surface area contributed by atoms with E-state index in [1.165, 1.54) is 12.8 Å². The molecule has 2 N–H and O–H groups in total. The van der Waals surface area contributed by atoms with E-state index in [1.54, 1.807) is 6.07 Å². The van der Waals surface area contributed by atoms with E-state index in [-0.39, 0.29) is 5.91 Å². The van der Waals surface area contributed by atoms with E-state index in [9.17, 15) is 4.79 Å². The molecule has 1 aromatic rings. The summed E-state index contributed by atoms with van der Waals surface area (Å²) in [6.45, 7) is 3.95. The van der Waals surface area contributed by atoms with Crippen molar-refractivity contribution < 1.29 is 4.79 Å². The third kappa shape index (κ3) is 3.06. The Hall–Kier alpha value is -1.71. The molecule has 4 nitrogen and oxygen atoms in total. The molecule has 0 spiro atoms. The van der Waals surface area contributed by atoms with E-state index in [0.717, 1.165) is 25.2 Å². The maximum Gasteiger partial charge on any atom is 0.256 e. The summed E-state index contributed by atoms with van der Waals surface area (Å²) in [6.07, 6.45) is 3.52. The monoisotopic (exact) mass is 275 g/mol. The molecule has 0 aromatic heterocycles. The Labute approximate surface area is 121 Å². The Bertz CT molecular complexity index is 485. The van der Waals surface area contributed by atoms with Crippen LogP contribution in [-0.2, 0) is 0 Å². The first-order valence-corrected chi connectivity index (χ1v) is 7.39. The molecule has 0 saturated carbocycles. The molecule has 0 aliphatic carbocycles. The standard InChI is InChI=1S/C16H25N3O/c1-4-5-12-8-9-19(11-12)16(20)14-10-13(17)6-7-15(14)18(2)3/h6-7,10,12H,4-5,8-9,11,17H2,1-3H3. The van der Waals surface area contributed by atoms with Crippen molar-refractivity contribution in [2.24, 2.45) is 5.92 Å². The lowest BCUT2D eigenvalue weighted by atomic mass is 10.0. The smallest absolute Gasteiger partial charge is 0.256 e. The molecule has 2 rings (SSSR count). The van der Waals surface area contributed by atoms with Crippen LogP contribution in [0.25, 0.3) is 0 Å². The second kappa shape index (κ2) is 6.16. The van der Waals surface area contributed by atoms with Gasteiger partial charge >= 0.3 is 0 Å². The van der Waals surface area contributed by atoms with Crippen molar-refractivity contribution in [2.45, 2.75) is 26.2 Å². The van der Waals surface area contributed by atoms with Gasteiger partial charge < -0.3 is 15.5 Å². The minimum atomic E-state index is 0.111. The minimum Gasteiger partial charge on any atom is -0.399 e. The summed E-state index contributed by atoms with van der Waals surface area (Å²) in [7, 11) is 3.90. The topological polar surface area (TPSA) is 49.6 Å². The molecule has 20 heavy (non-hydrogen) atoms. The van der Waals surface area contributed by atoms with Crippen LogP contribution in [0.2, 0.25) is 0 Å². The highest BCUT2D eigenvalue weighted by molar-refractivity contribution is 6.00. The van der Waals surface area contributed by atoms with Crippen LogP contribution in [0.3, 0.4) is 0 Å². The first kappa shape index (κ1) is 14.7. The fraction of sp³-hybridized carbons (Fsp3) is 0.562. The van der Waals surface area contributed by atoms with Gasteiger partial charge in [0.05, 0.1) is 5.56 Å². The number of hydrogen-bond donors (Lipinski definition) is 1. The summed E-state index contributed by atoms with van der Waals surface area (Å²) in [5.74, 6) is 0.771. The number of likely N-dealkylation sites (tertiary alicyclic amines) is 1. The number of hydrogen-bond acceptors (Lipinski definition) is 3. The molecule has 1 saturated heterocycles. The molecule has 1 amide bonds. The van der Waals surface area contributed by atoms with E-state index < -0.39 is 0 Å². The van der Waals surface area contributed by atoms with Crippen LogP contribution in [0.5, 0.6) is 0 Å². The number of rotatable bonds is 4. The Morgan fingerprint density at radius 3 is 2.85 bits per heavy atom. The molecule has 1 heterocycles. The van der Waals surface area contributed by atoms with Crippen LogP contribution in [0.1, 0.15) is 36.5 Å². The van der Waals surface area contributed by atoms with Gasteiger partial charge in [-0.3, -0.25) is 4.79 Å². The van der Waals surface area contributed by atoms with Gasteiger partial charge in [-0.25, -0.2) is 0 Å². The van der Waals surface area contributed by atoms with Gasteiger partial charge in [0.15, 0.2) is 0 Å². The summed E-state index contributed by atoms with van der Waals surface area (Å²) >= 11 is 0. The molecule has 1 aromatic carbocycles. The fourth-order valence-corrected chi connectivity index (χ4v) is 2.95. The third-order valence-electron chi connectivity index (χ3n) is 4.00. The highest BCUT2D eigenvalue weighted by Crippen LogP contribution is 2.27. The molecular weight excluding hydrogens is 250 g/mol. The van der Waals surface area contributed by atoms with Crippen LogP contribution in [0.15, 0.2) is 18.2 Å². The number of nitrogens with zero attached hydrogens (tertiary/aromatic N) is 2. The lowest BCUT2D eigenvalue weighted by Crippen LogP contribution is -2.30. The Morgan fingerprint density at radius 2 is 2.20 bits per heavy atom. The largest absolute Gasteiger partial charge is 0.399 e. The maximum atomic E-state index is 12.7. The number of amides is 1. The SMILES string of the molecule is CCCC1CCN(C(=O)c2cc(N)ccc2N(C)C)C1. The van der Waals surface area contributed by atoms with Gasteiger partial charge in [0.25, 0.3) is 5.91 Å². The van der Waals surface area contributed by atoms with E-state index in [1.807, 2.05) is 36.0 Å². The number of nitrogens with two attached hydrogens (primary N) is 1. The fourth-order valence-electron chi connectivity index (χ4n) is 2.95. The zero-order chi connectivity index (χ0) is 14.7. The van der Waals surface area contributed by atoms with Crippen molar-refractivity contribution in [1.82, 2.24) is 4.90 Å². The third-order valence-corrected chi connectivity index (χ3v) is 4.00. The summed E-state index contributed by atoms with van der Waals surface area (Å²) in [4.78, 5) is 16.7. The number of nitrogen functional groups attached to an aromatic ring is 1. The van der Waals surface area contributed by atoms with Gasteiger partial charge in [-0.15, -0.1) is 0 Å². The first-order chi connectivity index (χ1) is 9.52. The molecule has 1 fully saturated rings. The van der Waals surface area contributed by atoms with Crippen molar-refractivity contribution in [3.63, 3.8) is 0 Å². The second-order valence-corrected chi connectivity index (χ2v) is 5.87. The van der Waals surface area contributed by atoms with Crippen molar-refractivity contribution in [1.29, 1.82) is 0 Å². The van der Waals surface area contributed by atoms with Crippen molar-refractivity contribution >= 4 is 17.3 Å². The quantitative estimate of drug-likeness (QED) is 0.859. The van der Waals surface area contributed by atoms with Crippen LogP contribution in [0.4, 0.5) is 11.4 Å². The van der Waals surface area contributed by atoms with Crippen molar-refractivity contribution in [2.75, 3.05) is 37.8 Å². The second-order valence-electron chi connectivity index (χ2n) is 5.87. The van der Waals surface area contributed by atoms with E-state index in [2.05, 4.69) is 6.92 Å². The first-order valence-electron chi connectivity index (χ1n) is 7.39. The zero-order valence-electron chi connectivity index (χ0n) is 12.7. The van der Waals surface area contributed by atoms with Crippen LogP contribution in [-0.4, -0.2) is 38.0 Å². The molecule has 0 bridgehead atoms. The highest BCUT2D eigenvalue weighted by atomic mass is 16.2.